The van der Waals surface area contributed by atoms with Gasteiger partial charge in [0, 0.05) is 12.3 Å². The lowest BCUT2D eigenvalue weighted by molar-refractivity contribution is 0.0863. The smallest absolute Gasteiger partial charge is 0.266 e. The van der Waals surface area contributed by atoms with Gasteiger partial charge < -0.3 is 0 Å². The molecule has 1 aliphatic heterocycles. The Labute approximate surface area is 121 Å². The van der Waals surface area contributed by atoms with E-state index in [4.69, 9.17) is 11.6 Å². The molecule has 104 valence electrons. The Morgan fingerprint density at radius 3 is 2.84 bits per heavy atom. The molecule has 1 aliphatic rings. The van der Waals surface area contributed by atoms with Crippen LogP contribution >= 0.6 is 23.4 Å². The molecule has 1 fully saturated rings. The largest absolute Gasteiger partial charge is 0.286 e. The molecule has 0 radical (unpaired) electrons. The van der Waals surface area contributed by atoms with E-state index in [1.165, 1.54) is 11.8 Å². The third kappa shape index (κ3) is 3.04. The molecule has 0 aliphatic carbocycles. The van der Waals surface area contributed by atoms with Crippen molar-refractivity contribution in [2.75, 3.05) is 18.6 Å². The number of sulfonamides is 1. The van der Waals surface area contributed by atoms with E-state index in [-0.39, 0.29) is 23.1 Å². The summed E-state index contributed by atoms with van der Waals surface area (Å²) in [6, 6.07) is 3.31. The predicted molar refractivity (Wildman–Crippen MR) is 75.9 cm³/mol. The zero-order chi connectivity index (χ0) is 14.0. The van der Waals surface area contributed by atoms with Gasteiger partial charge in [-0.2, -0.15) is 11.8 Å². The molecule has 0 bridgehead atoms. The summed E-state index contributed by atoms with van der Waals surface area (Å²) >= 11 is 7.33. The highest BCUT2D eigenvalue weighted by atomic mass is 35.5. The number of aromatic nitrogens is 1. The predicted octanol–water partition coefficient (Wildman–Crippen LogP) is 1.77. The van der Waals surface area contributed by atoms with Crippen molar-refractivity contribution in [2.24, 2.45) is 0 Å². The lowest BCUT2D eigenvalue weighted by Gasteiger charge is -2.16. The van der Waals surface area contributed by atoms with Gasteiger partial charge in [0.05, 0.1) is 5.75 Å². The van der Waals surface area contributed by atoms with Crippen LogP contribution in [-0.4, -0.2) is 42.2 Å². The first-order chi connectivity index (χ1) is 8.95. The van der Waals surface area contributed by atoms with Crippen molar-refractivity contribution in [1.29, 1.82) is 0 Å². The molecule has 0 aromatic carbocycles. The normalized spacial score (nSPS) is 17.7. The summed E-state index contributed by atoms with van der Waals surface area (Å²) in [5.41, 5.74) is 0.830. The number of amides is 1. The molecule has 5 nitrogen and oxygen atoms in total. The van der Waals surface area contributed by atoms with E-state index in [1.54, 1.807) is 12.1 Å². The third-order valence-corrected chi connectivity index (χ3v) is 5.41. The van der Waals surface area contributed by atoms with Gasteiger partial charge in [-0.05, 0) is 24.3 Å². The van der Waals surface area contributed by atoms with Gasteiger partial charge in [0.2, 0.25) is 10.0 Å². The quantitative estimate of drug-likeness (QED) is 0.794. The molecule has 19 heavy (non-hydrogen) atoms. The van der Waals surface area contributed by atoms with Crippen molar-refractivity contribution in [2.45, 2.75) is 12.2 Å². The number of pyridine rings is 1. The molecule has 0 spiro atoms. The summed E-state index contributed by atoms with van der Waals surface area (Å²) in [5, 5.41) is 0.185. The van der Waals surface area contributed by atoms with E-state index < -0.39 is 15.9 Å². The molecule has 1 saturated heterocycles. The molecule has 2 heterocycles. The van der Waals surface area contributed by atoms with Crippen molar-refractivity contribution in [3.05, 3.63) is 28.5 Å². The first-order valence-corrected chi connectivity index (χ1v) is 9.03. The Kier molecular flexibility index (Phi) is 4.37. The van der Waals surface area contributed by atoms with Crippen molar-refractivity contribution in [3.63, 3.8) is 0 Å². The topological polar surface area (TPSA) is 67.3 Å². The highest BCUT2D eigenvalue weighted by Crippen LogP contribution is 2.22. The van der Waals surface area contributed by atoms with Gasteiger partial charge in [-0.25, -0.2) is 17.7 Å². The summed E-state index contributed by atoms with van der Waals surface area (Å²) < 4.78 is 24.4. The van der Waals surface area contributed by atoms with Gasteiger partial charge >= 0.3 is 0 Å². The molecule has 1 amide bonds. The van der Waals surface area contributed by atoms with E-state index in [2.05, 4.69) is 4.98 Å². The summed E-state index contributed by atoms with van der Waals surface area (Å²) in [7, 11) is -3.49. The first kappa shape index (κ1) is 14.6. The lowest BCUT2D eigenvalue weighted by atomic mass is 10.2. The first-order valence-electron chi connectivity index (χ1n) is 5.65. The SMILES string of the molecule is CSCc1ccc(Cl)nc1C(=O)N1CCCS1(=O)=O. The van der Waals surface area contributed by atoms with E-state index in [0.29, 0.717) is 17.7 Å². The minimum absolute atomic E-state index is 0.0111. The van der Waals surface area contributed by atoms with Crippen LogP contribution in [0.2, 0.25) is 5.15 Å². The van der Waals surface area contributed by atoms with Crippen molar-refractivity contribution in [1.82, 2.24) is 9.29 Å². The molecular formula is C11H13ClN2O3S2. The van der Waals surface area contributed by atoms with Crippen molar-refractivity contribution < 1.29 is 13.2 Å². The maximum absolute atomic E-state index is 12.3. The highest BCUT2D eigenvalue weighted by molar-refractivity contribution is 7.97. The van der Waals surface area contributed by atoms with Crippen LogP contribution in [0.3, 0.4) is 0 Å². The Balaban J connectivity index is 2.40. The summed E-state index contributed by atoms with van der Waals surface area (Å²) in [6.07, 6.45) is 2.36. The van der Waals surface area contributed by atoms with Gasteiger partial charge in [0.25, 0.3) is 5.91 Å². The van der Waals surface area contributed by atoms with Gasteiger partial charge in [0.15, 0.2) is 0 Å². The van der Waals surface area contributed by atoms with Gasteiger partial charge in [-0.1, -0.05) is 17.7 Å². The van der Waals surface area contributed by atoms with Crippen LogP contribution < -0.4 is 0 Å². The Bertz CT molecular complexity index is 604. The number of nitrogens with zero attached hydrogens (tertiary/aromatic N) is 2. The second-order valence-electron chi connectivity index (χ2n) is 4.12. The minimum Gasteiger partial charge on any atom is -0.266 e. The molecule has 1 aromatic heterocycles. The summed E-state index contributed by atoms with van der Waals surface area (Å²) in [4.78, 5) is 16.3. The lowest BCUT2D eigenvalue weighted by Crippen LogP contribution is -2.33. The summed E-state index contributed by atoms with van der Waals surface area (Å²) in [6.45, 7) is 0.216. The Morgan fingerprint density at radius 1 is 1.53 bits per heavy atom. The molecule has 0 unspecified atom stereocenters. The van der Waals surface area contributed by atoms with E-state index in [1.807, 2.05) is 6.26 Å². The highest BCUT2D eigenvalue weighted by Gasteiger charge is 2.34. The molecule has 8 heteroatoms. The second-order valence-corrected chi connectivity index (χ2v) is 7.39. The minimum atomic E-state index is -3.49. The number of thioether (sulfide) groups is 1. The average molecular weight is 321 g/mol. The molecule has 0 saturated carbocycles. The summed E-state index contributed by atoms with van der Waals surface area (Å²) in [5.74, 6) is 0.0140. The number of halogens is 1. The number of carbonyl (C=O) groups excluding carboxylic acids is 1. The zero-order valence-electron chi connectivity index (χ0n) is 10.3. The maximum Gasteiger partial charge on any atom is 0.286 e. The Hall–Kier alpha value is -0.790. The van der Waals surface area contributed by atoms with Crippen LogP contribution in [0.4, 0.5) is 0 Å². The standard InChI is InChI=1S/C11H13ClN2O3S2/c1-18-7-8-3-4-9(12)13-10(8)11(15)14-5-2-6-19(14,16)17/h3-4H,2,5-7H2,1H3. The number of hydrogen-bond donors (Lipinski definition) is 0. The van der Waals surface area contributed by atoms with Crippen LogP contribution in [0.1, 0.15) is 22.5 Å². The van der Waals surface area contributed by atoms with E-state index >= 15 is 0 Å². The average Bonchev–Trinajstić information content (AvgIpc) is 2.70. The molecular weight excluding hydrogens is 308 g/mol. The molecule has 1 aromatic rings. The van der Waals surface area contributed by atoms with E-state index in [0.717, 1.165) is 4.31 Å². The van der Waals surface area contributed by atoms with Crippen LogP contribution in [0.15, 0.2) is 12.1 Å². The maximum atomic E-state index is 12.3. The van der Waals surface area contributed by atoms with Crippen LogP contribution in [0.25, 0.3) is 0 Å². The molecule has 0 N–H and O–H groups in total. The third-order valence-electron chi connectivity index (χ3n) is 2.77. The molecule has 2 rings (SSSR count). The fourth-order valence-electron chi connectivity index (χ4n) is 1.91. The number of rotatable bonds is 3. The van der Waals surface area contributed by atoms with E-state index in [9.17, 15) is 13.2 Å². The van der Waals surface area contributed by atoms with Crippen molar-refractivity contribution in [3.8, 4) is 0 Å². The van der Waals surface area contributed by atoms with Gasteiger partial charge in [-0.15, -0.1) is 0 Å². The van der Waals surface area contributed by atoms with Crippen LogP contribution in [0, 0.1) is 0 Å². The number of hydrogen-bond acceptors (Lipinski definition) is 5. The van der Waals surface area contributed by atoms with Gasteiger partial charge in [-0.3, -0.25) is 4.79 Å². The number of carbonyl (C=O) groups is 1. The van der Waals surface area contributed by atoms with Crippen molar-refractivity contribution >= 4 is 39.3 Å². The van der Waals surface area contributed by atoms with Crippen LogP contribution in [0.5, 0.6) is 0 Å². The Morgan fingerprint density at radius 2 is 2.26 bits per heavy atom. The fourth-order valence-corrected chi connectivity index (χ4v) is 4.06. The van der Waals surface area contributed by atoms with Crippen LogP contribution in [-0.2, 0) is 15.8 Å². The monoisotopic (exact) mass is 320 g/mol. The zero-order valence-corrected chi connectivity index (χ0v) is 12.7. The molecule has 0 atom stereocenters. The van der Waals surface area contributed by atoms with Gasteiger partial charge in [0.1, 0.15) is 10.8 Å². The fraction of sp³-hybridized carbons (Fsp3) is 0.455. The second kappa shape index (κ2) is 5.68.